The fraction of sp³-hybridized carbons (Fsp3) is 1.00. The fourth-order valence-electron chi connectivity index (χ4n) is 0.250. The second-order valence-electron chi connectivity index (χ2n) is 0.957. The molecule has 0 spiro atoms. The van der Waals surface area contributed by atoms with Crippen LogP contribution in [-0.4, -0.2) is 13.1 Å². The van der Waals surface area contributed by atoms with Crippen LogP contribution in [0.15, 0.2) is 0 Å². The Morgan fingerprint density at radius 3 is 1.50 bits per heavy atom. The number of hydrogen-bond acceptors (Lipinski definition) is 1. The van der Waals surface area contributed by atoms with Gasteiger partial charge < -0.3 is 5.32 Å². The first kappa shape index (κ1) is 9.85. The van der Waals surface area contributed by atoms with E-state index in [1.165, 1.54) is 0 Å². The van der Waals surface area contributed by atoms with Crippen molar-refractivity contribution < 1.29 is 22.4 Å². The van der Waals surface area contributed by atoms with E-state index in [-0.39, 0.29) is 22.4 Å². The Bertz CT molecular complexity index is 15.0. The van der Waals surface area contributed by atoms with Crippen LogP contribution in [0.4, 0.5) is 0 Å². The Balaban J connectivity index is 0. The van der Waals surface area contributed by atoms with Crippen LogP contribution in [0.5, 0.6) is 0 Å². The standard InChI is InChI=1S/C4H11N.Au/c1-3-5-4-2;/h5H,3-4H2,1-2H3;. The molecule has 0 bridgehead atoms. The molecular formula is C4H11AuN. The van der Waals surface area contributed by atoms with Crippen LogP contribution < -0.4 is 5.32 Å². The molecule has 0 aliphatic rings. The molecule has 0 amide bonds. The summed E-state index contributed by atoms with van der Waals surface area (Å²) < 4.78 is 0. The van der Waals surface area contributed by atoms with Crippen LogP contribution in [0.3, 0.4) is 0 Å². The van der Waals surface area contributed by atoms with E-state index < -0.39 is 0 Å². The number of nitrogens with one attached hydrogen (secondary N) is 1. The van der Waals surface area contributed by atoms with Crippen molar-refractivity contribution in [1.29, 1.82) is 0 Å². The summed E-state index contributed by atoms with van der Waals surface area (Å²) in [5, 5.41) is 3.11. The minimum atomic E-state index is 0. The van der Waals surface area contributed by atoms with E-state index in [1.807, 2.05) is 0 Å². The number of rotatable bonds is 2. The maximum atomic E-state index is 3.11. The summed E-state index contributed by atoms with van der Waals surface area (Å²) in [6.45, 7) is 6.39. The van der Waals surface area contributed by atoms with E-state index in [0.717, 1.165) is 13.1 Å². The molecule has 1 radical (unpaired) electrons. The van der Waals surface area contributed by atoms with Gasteiger partial charge in [-0.05, 0) is 13.1 Å². The molecule has 0 aliphatic carbocycles. The molecule has 0 aromatic heterocycles. The van der Waals surface area contributed by atoms with Crippen molar-refractivity contribution in [1.82, 2.24) is 5.32 Å². The predicted molar refractivity (Wildman–Crippen MR) is 24.2 cm³/mol. The van der Waals surface area contributed by atoms with Crippen molar-refractivity contribution in [2.45, 2.75) is 13.8 Å². The Kier molecular flexibility index (Phi) is 15.1. The van der Waals surface area contributed by atoms with E-state index in [1.54, 1.807) is 0 Å². The van der Waals surface area contributed by atoms with Gasteiger partial charge in [0.25, 0.3) is 0 Å². The molecule has 0 rings (SSSR count). The number of hydrogen-bond donors (Lipinski definition) is 1. The molecule has 0 atom stereocenters. The van der Waals surface area contributed by atoms with Crippen molar-refractivity contribution in [3.8, 4) is 0 Å². The molecule has 1 N–H and O–H groups in total. The van der Waals surface area contributed by atoms with Gasteiger partial charge >= 0.3 is 0 Å². The molecular weight excluding hydrogens is 259 g/mol. The van der Waals surface area contributed by atoms with Crippen LogP contribution in [-0.2, 0) is 22.4 Å². The van der Waals surface area contributed by atoms with Gasteiger partial charge in [0.05, 0.1) is 0 Å². The van der Waals surface area contributed by atoms with Gasteiger partial charge in [-0.15, -0.1) is 0 Å². The van der Waals surface area contributed by atoms with Crippen molar-refractivity contribution in [2.75, 3.05) is 13.1 Å². The van der Waals surface area contributed by atoms with Crippen molar-refractivity contribution >= 4 is 0 Å². The SMILES string of the molecule is CCNCC.[Au]. The van der Waals surface area contributed by atoms with Gasteiger partial charge in [-0.3, -0.25) is 0 Å². The fourth-order valence-corrected chi connectivity index (χ4v) is 0.250. The molecule has 1 nitrogen and oxygen atoms in total. The summed E-state index contributed by atoms with van der Waals surface area (Å²) >= 11 is 0. The Morgan fingerprint density at radius 1 is 1.17 bits per heavy atom. The zero-order valence-electron chi connectivity index (χ0n) is 4.22. The van der Waals surface area contributed by atoms with E-state index >= 15 is 0 Å². The van der Waals surface area contributed by atoms with Crippen molar-refractivity contribution in [3.05, 3.63) is 0 Å². The van der Waals surface area contributed by atoms with E-state index in [4.69, 9.17) is 0 Å². The van der Waals surface area contributed by atoms with E-state index in [2.05, 4.69) is 19.2 Å². The summed E-state index contributed by atoms with van der Waals surface area (Å²) in [4.78, 5) is 0. The second kappa shape index (κ2) is 9.20. The quantitative estimate of drug-likeness (QED) is 0.725. The van der Waals surface area contributed by atoms with Gasteiger partial charge in [0.2, 0.25) is 0 Å². The Labute approximate surface area is 55.0 Å². The summed E-state index contributed by atoms with van der Waals surface area (Å²) in [6, 6.07) is 0. The first-order valence-corrected chi connectivity index (χ1v) is 2.12. The summed E-state index contributed by atoms with van der Waals surface area (Å²) in [5.74, 6) is 0. The molecule has 0 aliphatic heterocycles. The zero-order chi connectivity index (χ0) is 4.12. The van der Waals surface area contributed by atoms with Crippen LogP contribution in [0.25, 0.3) is 0 Å². The third-order valence-corrected chi connectivity index (χ3v) is 0.500. The Hall–Kier alpha value is 0.700. The van der Waals surface area contributed by atoms with Crippen molar-refractivity contribution in [2.24, 2.45) is 0 Å². The second-order valence-corrected chi connectivity index (χ2v) is 0.957. The van der Waals surface area contributed by atoms with Gasteiger partial charge in [-0.1, -0.05) is 13.8 Å². The molecule has 0 aromatic carbocycles. The first-order chi connectivity index (χ1) is 2.41. The van der Waals surface area contributed by atoms with Gasteiger partial charge in [0, 0.05) is 22.4 Å². The molecule has 6 heavy (non-hydrogen) atoms. The maximum Gasteiger partial charge on any atom is 0 e. The van der Waals surface area contributed by atoms with E-state index in [9.17, 15) is 0 Å². The van der Waals surface area contributed by atoms with Gasteiger partial charge in [-0.25, -0.2) is 0 Å². The van der Waals surface area contributed by atoms with Crippen LogP contribution in [0.2, 0.25) is 0 Å². The van der Waals surface area contributed by atoms with Crippen molar-refractivity contribution in [3.63, 3.8) is 0 Å². The molecule has 0 heterocycles. The normalized spacial score (nSPS) is 7.00. The molecule has 0 fully saturated rings. The summed E-state index contributed by atoms with van der Waals surface area (Å²) in [5.41, 5.74) is 0. The third-order valence-electron chi connectivity index (χ3n) is 0.500. The molecule has 0 saturated carbocycles. The minimum Gasteiger partial charge on any atom is -0.317 e. The minimum absolute atomic E-state index is 0. The molecule has 43 valence electrons. The smallest absolute Gasteiger partial charge is 0 e. The average molecular weight is 270 g/mol. The molecule has 0 saturated heterocycles. The van der Waals surface area contributed by atoms with E-state index in [0.29, 0.717) is 0 Å². The van der Waals surface area contributed by atoms with Crippen LogP contribution >= 0.6 is 0 Å². The molecule has 2 heteroatoms. The summed E-state index contributed by atoms with van der Waals surface area (Å²) in [6.07, 6.45) is 0. The van der Waals surface area contributed by atoms with Crippen LogP contribution in [0.1, 0.15) is 13.8 Å². The topological polar surface area (TPSA) is 12.0 Å². The summed E-state index contributed by atoms with van der Waals surface area (Å²) in [7, 11) is 0. The predicted octanol–water partition coefficient (Wildman–Crippen LogP) is 0.613. The Morgan fingerprint density at radius 2 is 1.50 bits per heavy atom. The van der Waals surface area contributed by atoms with Gasteiger partial charge in [0.15, 0.2) is 0 Å². The molecule has 0 aromatic rings. The maximum absolute atomic E-state index is 3.11. The largest absolute Gasteiger partial charge is 0.317 e. The third kappa shape index (κ3) is 8.83. The molecule has 0 unspecified atom stereocenters. The monoisotopic (exact) mass is 270 g/mol. The zero-order valence-corrected chi connectivity index (χ0v) is 6.38. The van der Waals surface area contributed by atoms with Gasteiger partial charge in [0.1, 0.15) is 0 Å². The van der Waals surface area contributed by atoms with Gasteiger partial charge in [-0.2, -0.15) is 0 Å². The van der Waals surface area contributed by atoms with Crippen LogP contribution in [0, 0.1) is 0 Å². The average Bonchev–Trinajstić information content (AvgIpc) is 1.41. The first-order valence-electron chi connectivity index (χ1n) is 2.12.